The van der Waals surface area contributed by atoms with Crippen LogP contribution in [-0.4, -0.2) is 32.8 Å². The van der Waals surface area contributed by atoms with Crippen molar-refractivity contribution in [3.8, 4) is 0 Å². The van der Waals surface area contributed by atoms with Gasteiger partial charge in [0.2, 0.25) is 11.8 Å². The van der Waals surface area contributed by atoms with Crippen molar-refractivity contribution in [2.24, 2.45) is 0 Å². The van der Waals surface area contributed by atoms with Crippen molar-refractivity contribution in [1.82, 2.24) is 9.96 Å². The van der Waals surface area contributed by atoms with Gasteiger partial charge in [0.25, 0.3) is 8.40 Å². The smallest absolute Gasteiger partial charge is 0.302 e. The first-order valence-electron chi connectivity index (χ1n) is 6.08. The minimum atomic E-state index is -2.46. The Balaban J connectivity index is 4.52. The van der Waals surface area contributed by atoms with Crippen molar-refractivity contribution in [3.63, 3.8) is 0 Å². The molecular weight excluding hydrogens is 252 g/mol. The molecule has 0 aromatic carbocycles. The Hall–Kier alpha value is -1.37. The molecule has 0 radical (unpaired) electrons. The molecule has 2 N–H and O–H groups in total. The van der Waals surface area contributed by atoms with Crippen molar-refractivity contribution in [1.29, 1.82) is 0 Å². The zero-order valence-corrected chi connectivity index (χ0v) is 12.5. The number of carbonyl (C=O) groups excluding carboxylic acids is 3. The topological polar surface area (TPSA) is 84.5 Å². The number of rotatable bonds is 7. The van der Waals surface area contributed by atoms with Gasteiger partial charge in [-0.2, -0.15) is 0 Å². The van der Waals surface area contributed by atoms with Crippen LogP contribution in [0.1, 0.15) is 33.6 Å². The molecule has 104 valence electrons. The maximum Gasteiger partial charge on any atom is 0.302 e. The van der Waals surface area contributed by atoms with E-state index in [1.807, 2.05) is 6.55 Å². The molecule has 18 heavy (non-hydrogen) atoms. The molecular formula is C11H22N2O4Si. The number of nitrogens with one attached hydrogen (secondary N) is 2. The molecule has 0 aromatic rings. The SMILES string of the molecule is CCC(=O)N[Si](C)(CCOC(C)=O)NC(=O)CC. The Kier molecular flexibility index (Phi) is 7.26. The normalized spacial score (nSPS) is 10.7. The van der Waals surface area contributed by atoms with Crippen LogP contribution in [0.15, 0.2) is 0 Å². The second-order valence-corrected chi connectivity index (χ2v) is 7.89. The predicted octanol–water partition coefficient (Wildman–Crippen LogP) is 0.674. The molecule has 0 atom stereocenters. The molecule has 0 bridgehead atoms. The van der Waals surface area contributed by atoms with Gasteiger partial charge in [-0.05, 0) is 6.55 Å². The molecule has 0 aliphatic heterocycles. The Morgan fingerprint density at radius 2 is 1.50 bits per heavy atom. The van der Waals surface area contributed by atoms with Gasteiger partial charge in [-0.3, -0.25) is 14.4 Å². The summed E-state index contributed by atoms with van der Waals surface area (Å²) in [7, 11) is -2.46. The van der Waals surface area contributed by atoms with Crippen molar-refractivity contribution in [3.05, 3.63) is 0 Å². The molecule has 0 aliphatic carbocycles. The third-order valence-electron chi connectivity index (χ3n) is 2.38. The summed E-state index contributed by atoms with van der Waals surface area (Å²) in [4.78, 5) is 39.3. The fourth-order valence-corrected chi connectivity index (χ4v) is 3.75. The van der Waals surface area contributed by atoms with Gasteiger partial charge in [0, 0.05) is 25.8 Å². The first-order chi connectivity index (χ1) is 8.33. The fourth-order valence-electron chi connectivity index (χ4n) is 1.35. The number of ether oxygens (including phenoxy) is 1. The molecule has 6 nitrogen and oxygen atoms in total. The molecule has 7 heteroatoms. The first kappa shape index (κ1) is 16.6. The highest BCUT2D eigenvalue weighted by molar-refractivity contribution is 6.78. The standard InChI is InChI=1S/C11H22N2O4Si/c1-5-10(15)12-18(4,13-11(16)6-2)8-7-17-9(3)14/h5-8H2,1-4H3,(H,12,15)(H,13,16). The quantitative estimate of drug-likeness (QED) is 0.528. The van der Waals surface area contributed by atoms with Crippen LogP contribution in [0.4, 0.5) is 0 Å². The Morgan fingerprint density at radius 3 is 1.83 bits per heavy atom. The summed E-state index contributed by atoms with van der Waals surface area (Å²) in [6.07, 6.45) is 0.719. The van der Waals surface area contributed by atoms with E-state index in [1.54, 1.807) is 13.8 Å². The number of esters is 1. The highest BCUT2D eigenvalue weighted by atomic mass is 28.3. The van der Waals surface area contributed by atoms with E-state index in [0.29, 0.717) is 18.9 Å². The van der Waals surface area contributed by atoms with E-state index in [-0.39, 0.29) is 24.4 Å². The van der Waals surface area contributed by atoms with Gasteiger partial charge in [0.1, 0.15) is 0 Å². The molecule has 0 heterocycles. The molecule has 0 saturated heterocycles. The lowest BCUT2D eigenvalue weighted by Gasteiger charge is -2.28. The third-order valence-corrected chi connectivity index (χ3v) is 5.25. The molecule has 0 aromatic heterocycles. The average molecular weight is 274 g/mol. The van der Waals surface area contributed by atoms with Crippen LogP contribution in [0, 0.1) is 0 Å². The van der Waals surface area contributed by atoms with Crippen LogP contribution in [0.3, 0.4) is 0 Å². The van der Waals surface area contributed by atoms with Crippen molar-refractivity contribution >= 4 is 26.2 Å². The molecule has 0 rings (SSSR count). The van der Waals surface area contributed by atoms with E-state index in [9.17, 15) is 14.4 Å². The predicted molar refractivity (Wildman–Crippen MR) is 69.9 cm³/mol. The van der Waals surface area contributed by atoms with Crippen LogP contribution >= 0.6 is 0 Å². The summed E-state index contributed by atoms with van der Waals surface area (Å²) < 4.78 is 4.86. The fraction of sp³-hybridized carbons (Fsp3) is 0.727. The number of amides is 2. The molecule has 0 aliphatic rings. The Labute approximate surface area is 109 Å². The van der Waals surface area contributed by atoms with Crippen LogP contribution in [0.2, 0.25) is 12.6 Å². The van der Waals surface area contributed by atoms with E-state index in [4.69, 9.17) is 4.74 Å². The van der Waals surface area contributed by atoms with Crippen molar-refractivity contribution in [2.75, 3.05) is 6.61 Å². The van der Waals surface area contributed by atoms with E-state index >= 15 is 0 Å². The van der Waals surface area contributed by atoms with E-state index in [0.717, 1.165) is 0 Å². The van der Waals surface area contributed by atoms with Crippen molar-refractivity contribution in [2.45, 2.75) is 46.2 Å². The molecule has 0 unspecified atom stereocenters. The largest absolute Gasteiger partial charge is 0.466 e. The summed E-state index contributed by atoms with van der Waals surface area (Å²) in [6.45, 7) is 6.85. The summed E-state index contributed by atoms with van der Waals surface area (Å²) in [5.41, 5.74) is 0. The first-order valence-corrected chi connectivity index (χ1v) is 8.79. The maximum atomic E-state index is 11.5. The zero-order valence-electron chi connectivity index (χ0n) is 11.5. The second kappa shape index (κ2) is 7.86. The van der Waals surface area contributed by atoms with Gasteiger partial charge in [-0.15, -0.1) is 0 Å². The molecule has 0 saturated carbocycles. The number of hydrogen-bond donors (Lipinski definition) is 2. The average Bonchev–Trinajstić information content (AvgIpc) is 2.27. The van der Waals surface area contributed by atoms with Crippen LogP contribution in [0.5, 0.6) is 0 Å². The minimum absolute atomic E-state index is 0.108. The van der Waals surface area contributed by atoms with Gasteiger partial charge < -0.3 is 14.7 Å². The monoisotopic (exact) mass is 274 g/mol. The summed E-state index contributed by atoms with van der Waals surface area (Å²) in [5.74, 6) is -0.582. The van der Waals surface area contributed by atoms with Gasteiger partial charge in [-0.25, -0.2) is 0 Å². The van der Waals surface area contributed by atoms with E-state index < -0.39 is 8.40 Å². The number of carbonyl (C=O) groups is 3. The molecule has 0 fully saturated rings. The number of hydrogen-bond acceptors (Lipinski definition) is 4. The lowest BCUT2D eigenvalue weighted by atomic mass is 10.5. The lowest BCUT2D eigenvalue weighted by Crippen LogP contribution is -2.64. The van der Waals surface area contributed by atoms with Crippen molar-refractivity contribution < 1.29 is 19.1 Å². The Morgan fingerprint density at radius 1 is 1.06 bits per heavy atom. The van der Waals surface area contributed by atoms with E-state index in [2.05, 4.69) is 9.96 Å². The maximum absolute atomic E-state index is 11.5. The Bertz CT molecular complexity index is 302. The van der Waals surface area contributed by atoms with Crippen LogP contribution < -0.4 is 9.96 Å². The molecule has 2 amide bonds. The highest BCUT2D eigenvalue weighted by Gasteiger charge is 2.31. The van der Waals surface area contributed by atoms with E-state index in [1.165, 1.54) is 6.92 Å². The van der Waals surface area contributed by atoms with Gasteiger partial charge >= 0.3 is 5.97 Å². The highest BCUT2D eigenvalue weighted by Crippen LogP contribution is 2.04. The van der Waals surface area contributed by atoms with Crippen LogP contribution in [-0.2, 0) is 19.1 Å². The summed E-state index contributed by atoms with van der Waals surface area (Å²) >= 11 is 0. The third kappa shape index (κ3) is 7.05. The summed E-state index contributed by atoms with van der Waals surface area (Å²) in [5, 5.41) is 0. The van der Waals surface area contributed by atoms with Crippen LogP contribution in [0.25, 0.3) is 0 Å². The minimum Gasteiger partial charge on any atom is -0.466 e. The second-order valence-electron chi connectivity index (χ2n) is 4.23. The van der Waals surface area contributed by atoms with Gasteiger partial charge in [0.05, 0.1) is 6.61 Å². The zero-order chi connectivity index (χ0) is 14.2. The molecule has 0 spiro atoms. The summed E-state index contributed by atoms with van der Waals surface area (Å²) in [6, 6.07) is 0.462. The lowest BCUT2D eigenvalue weighted by molar-refractivity contribution is -0.140. The van der Waals surface area contributed by atoms with Gasteiger partial charge in [0.15, 0.2) is 0 Å². The van der Waals surface area contributed by atoms with Gasteiger partial charge in [-0.1, -0.05) is 13.8 Å².